The summed E-state index contributed by atoms with van der Waals surface area (Å²) in [5, 5.41) is 3.41. The van der Waals surface area contributed by atoms with E-state index in [0.29, 0.717) is 6.04 Å². The van der Waals surface area contributed by atoms with Crippen molar-refractivity contribution in [3.63, 3.8) is 0 Å². The molecule has 0 unspecified atom stereocenters. The Morgan fingerprint density at radius 1 is 0.950 bits per heavy atom. The van der Waals surface area contributed by atoms with E-state index in [1.165, 1.54) is 5.56 Å². The summed E-state index contributed by atoms with van der Waals surface area (Å²) in [6.45, 7) is 9.34. The molecule has 0 atom stereocenters. The normalized spacial score (nSPS) is 10.8. The van der Waals surface area contributed by atoms with Gasteiger partial charge in [0.05, 0.1) is 0 Å². The second kappa shape index (κ2) is 6.58. The van der Waals surface area contributed by atoms with Gasteiger partial charge in [0.1, 0.15) is 11.5 Å². The summed E-state index contributed by atoms with van der Waals surface area (Å²) >= 11 is 0. The Kier molecular flexibility index (Phi) is 4.80. The third kappa shape index (κ3) is 3.84. The zero-order valence-corrected chi connectivity index (χ0v) is 12.7. The second-order valence-electron chi connectivity index (χ2n) is 5.50. The molecule has 2 nitrogen and oxygen atoms in total. The number of nitrogens with one attached hydrogen (secondary N) is 1. The van der Waals surface area contributed by atoms with Crippen LogP contribution in [0.15, 0.2) is 42.5 Å². The molecule has 0 amide bonds. The molecular weight excluding hydrogens is 246 g/mol. The average Bonchev–Trinajstić information content (AvgIpc) is 2.42. The van der Waals surface area contributed by atoms with E-state index >= 15 is 0 Å². The molecule has 106 valence electrons. The molecular formula is C18H23NO. The number of rotatable bonds is 5. The Hall–Kier alpha value is -1.80. The van der Waals surface area contributed by atoms with Crippen LogP contribution in [0.1, 0.15) is 30.5 Å². The van der Waals surface area contributed by atoms with E-state index in [1.807, 2.05) is 12.1 Å². The largest absolute Gasteiger partial charge is 0.457 e. The lowest BCUT2D eigenvalue weighted by Gasteiger charge is -2.12. The van der Waals surface area contributed by atoms with Crippen molar-refractivity contribution >= 4 is 0 Å². The van der Waals surface area contributed by atoms with Gasteiger partial charge in [-0.2, -0.15) is 0 Å². The standard InChI is InChI=1S/C18H23NO/c1-13(2)19-12-16-8-10-17(11-9-16)20-18-14(3)6-5-7-15(18)4/h5-11,13,19H,12H2,1-4H3. The van der Waals surface area contributed by atoms with Gasteiger partial charge in [0.25, 0.3) is 0 Å². The Bertz CT molecular complexity index is 538. The molecule has 0 spiro atoms. The minimum atomic E-state index is 0.501. The van der Waals surface area contributed by atoms with Gasteiger partial charge in [-0.25, -0.2) is 0 Å². The molecule has 0 fully saturated rings. The minimum Gasteiger partial charge on any atom is -0.457 e. The third-order valence-corrected chi connectivity index (χ3v) is 3.27. The summed E-state index contributed by atoms with van der Waals surface area (Å²) in [4.78, 5) is 0. The molecule has 0 saturated carbocycles. The molecule has 0 radical (unpaired) electrons. The number of hydrogen-bond acceptors (Lipinski definition) is 2. The molecule has 0 saturated heterocycles. The SMILES string of the molecule is Cc1cccc(C)c1Oc1ccc(CNC(C)C)cc1. The Balaban J connectivity index is 2.07. The summed E-state index contributed by atoms with van der Waals surface area (Å²) in [6, 6.07) is 15.0. The van der Waals surface area contributed by atoms with E-state index in [2.05, 4.69) is 63.3 Å². The van der Waals surface area contributed by atoms with Crippen LogP contribution in [0.2, 0.25) is 0 Å². The molecule has 2 rings (SSSR count). The van der Waals surface area contributed by atoms with Gasteiger partial charge in [0, 0.05) is 12.6 Å². The molecule has 0 aliphatic heterocycles. The Labute approximate surface area is 121 Å². The van der Waals surface area contributed by atoms with Crippen LogP contribution < -0.4 is 10.1 Å². The fourth-order valence-corrected chi connectivity index (χ4v) is 2.08. The topological polar surface area (TPSA) is 21.3 Å². The predicted octanol–water partition coefficient (Wildman–Crippen LogP) is 4.59. The first-order valence-electron chi connectivity index (χ1n) is 7.12. The van der Waals surface area contributed by atoms with Crippen molar-refractivity contribution in [2.24, 2.45) is 0 Å². The van der Waals surface area contributed by atoms with Crippen molar-refractivity contribution in [3.8, 4) is 11.5 Å². The summed E-state index contributed by atoms with van der Waals surface area (Å²) in [5.74, 6) is 1.84. The first kappa shape index (κ1) is 14.6. The van der Waals surface area contributed by atoms with Crippen LogP contribution in [0.4, 0.5) is 0 Å². The maximum Gasteiger partial charge on any atom is 0.133 e. The molecule has 0 heterocycles. The van der Waals surface area contributed by atoms with E-state index in [1.54, 1.807) is 0 Å². The zero-order chi connectivity index (χ0) is 14.5. The molecule has 0 aromatic heterocycles. The second-order valence-corrected chi connectivity index (χ2v) is 5.50. The van der Waals surface area contributed by atoms with Gasteiger partial charge in [0.15, 0.2) is 0 Å². The summed E-state index contributed by atoms with van der Waals surface area (Å²) in [7, 11) is 0. The summed E-state index contributed by atoms with van der Waals surface area (Å²) in [5.41, 5.74) is 3.60. The van der Waals surface area contributed by atoms with Crippen LogP contribution in [-0.2, 0) is 6.54 Å². The monoisotopic (exact) mass is 269 g/mol. The van der Waals surface area contributed by atoms with Crippen LogP contribution in [-0.4, -0.2) is 6.04 Å². The van der Waals surface area contributed by atoms with Crippen LogP contribution >= 0.6 is 0 Å². The average molecular weight is 269 g/mol. The van der Waals surface area contributed by atoms with E-state index in [4.69, 9.17) is 4.74 Å². The molecule has 2 aromatic rings. The van der Waals surface area contributed by atoms with Crippen molar-refractivity contribution in [2.45, 2.75) is 40.3 Å². The van der Waals surface area contributed by atoms with Crippen molar-refractivity contribution < 1.29 is 4.74 Å². The van der Waals surface area contributed by atoms with E-state index in [9.17, 15) is 0 Å². The first-order chi connectivity index (χ1) is 9.56. The van der Waals surface area contributed by atoms with Crippen molar-refractivity contribution in [1.29, 1.82) is 0 Å². The molecule has 0 aliphatic carbocycles. The first-order valence-corrected chi connectivity index (χ1v) is 7.12. The molecule has 1 N–H and O–H groups in total. The fourth-order valence-electron chi connectivity index (χ4n) is 2.08. The minimum absolute atomic E-state index is 0.501. The zero-order valence-electron chi connectivity index (χ0n) is 12.7. The van der Waals surface area contributed by atoms with Crippen molar-refractivity contribution in [3.05, 3.63) is 59.2 Å². The lowest BCUT2D eigenvalue weighted by molar-refractivity contribution is 0.474. The van der Waals surface area contributed by atoms with E-state index in [-0.39, 0.29) is 0 Å². The lowest BCUT2D eigenvalue weighted by Crippen LogP contribution is -2.21. The number of hydrogen-bond donors (Lipinski definition) is 1. The predicted molar refractivity (Wildman–Crippen MR) is 84.4 cm³/mol. The third-order valence-electron chi connectivity index (χ3n) is 3.27. The molecule has 2 aromatic carbocycles. The molecule has 0 bridgehead atoms. The van der Waals surface area contributed by atoms with E-state index in [0.717, 1.165) is 29.2 Å². The summed E-state index contributed by atoms with van der Waals surface area (Å²) in [6.07, 6.45) is 0. The van der Waals surface area contributed by atoms with Gasteiger partial charge >= 0.3 is 0 Å². The van der Waals surface area contributed by atoms with Crippen LogP contribution in [0, 0.1) is 13.8 Å². The van der Waals surface area contributed by atoms with Gasteiger partial charge in [0.2, 0.25) is 0 Å². The van der Waals surface area contributed by atoms with Gasteiger partial charge in [-0.1, -0.05) is 44.2 Å². The molecule has 0 aliphatic rings. The maximum absolute atomic E-state index is 6.00. The highest BCUT2D eigenvalue weighted by molar-refractivity contribution is 5.43. The van der Waals surface area contributed by atoms with Crippen LogP contribution in [0.5, 0.6) is 11.5 Å². The highest BCUT2D eigenvalue weighted by Gasteiger charge is 2.05. The highest BCUT2D eigenvalue weighted by Crippen LogP contribution is 2.28. The number of aryl methyl sites for hydroxylation is 2. The van der Waals surface area contributed by atoms with Crippen LogP contribution in [0.25, 0.3) is 0 Å². The van der Waals surface area contributed by atoms with Gasteiger partial charge in [-0.15, -0.1) is 0 Å². The Morgan fingerprint density at radius 3 is 2.10 bits per heavy atom. The van der Waals surface area contributed by atoms with Gasteiger partial charge in [-0.3, -0.25) is 0 Å². The van der Waals surface area contributed by atoms with Gasteiger partial charge in [-0.05, 0) is 42.7 Å². The van der Waals surface area contributed by atoms with Gasteiger partial charge < -0.3 is 10.1 Å². The number of para-hydroxylation sites is 1. The van der Waals surface area contributed by atoms with Crippen molar-refractivity contribution in [1.82, 2.24) is 5.32 Å². The van der Waals surface area contributed by atoms with Crippen LogP contribution in [0.3, 0.4) is 0 Å². The smallest absolute Gasteiger partial charge is 0.133 e. The molecule has 2 heteroatoms. The fraction of sp³-hybridized carbons (Fsp3) is 0.333. The lowest BCUT2D eigenvalue weighted by atomic mass is 10.1. The number of ether oxygens (including phenoxy) is 1. The maximum atomic E-state index is 6.00. The number of benzene rings is 2. The van der Waals surface area contributed by atoms with Crippen molar-refractivity contribution in [2.75, 3.05) is 0 Å². The van der Waals surface area contributed by atoms with E-state index < -0.39 is 0 Å². The quantitative estimate of drug-likeness (QED) is 0.857. The highest BCUT2D eigenvalue weighted by atomic mass is 16.5. The molecule has 20 heavy (non-hydrogen) atoms. The Morgan fingerprint density at radius 2 is 1.55 bits per heavy atom. The summed E-state index contributed by atoms with van der Waals surface area (Å²) < 4.78 is 6.00.